The smallest absolute Gasteiger partial charge is 0.246 e. The minimum Gasteiger partial charge on any atom is -0.382 e. The highest BCUT2D eigenvalue weighted by atomic mass is 16.2. The van der Waals surface area contributed by atoms with Gasteiger partial charge in [0, 0.05) is 19.3 Å². The predicted molar refractivity (Wildman–Crippen MR) is 70.1 cm³/mol. The van der Waals surface area contributed by atoms with Crippen molar-refractivity contribution in [2.45, 2.75) is 32.4 Å². The number of piperazine rings is 1. The zero-order valence-electron chi connectivity index (χ0n) is 11.2. The largest absolute Gasteiger partial charge is 0.382 e. The van der Waals surface area contributed by atoms with Crippen LogP contribution in [-0.4, -0.2) is 45.1 Å². The highest BCUT2D eigenvalue weighted by molar-refractivity contribution is 6.02. The normalized spacial score (nSPS) is 19.5. The first-order chi connectivity index (χ1) is 8.89. The van der Waals surface area contributed by atoms with Crippen LogP contribution in [-0.2, 0) is 16.1 Å². The van der Waals surface area contributed by atoms with Crippen LogP contribution in [0.2, 0.25) is 0 Å². The number of aryl methyl sites for hydroxylation is 1. The van der Waals surface area contributed by atoms with E-state index in [4.69, 9.17) is 5.73 Å². The van der Waals surface area contributed by atoms with Gasteiger partial charge in [0.05, 0.1) is 12.1 Å². The first kappa shape index (κ1) is 13.5. The standard InChI is InChI=1S/C12H19N5O2/c1-12(2)11(19)14-10(18)8-16(12)5-3-6-17-7-4-9(13)15-17/h4,7H,3,5-6,8H2,1-2H3,(H2,13,15)(H,14,18,19). The van der Waals surface area contributed by atoms with Crippen molar-refractivity contribution in [1.82, 2.24) is 20.0 Å². The number of carbonyl (C=O) groups is 2. The summed E-state index contributed by atoms with van der Waals surface area (Å²) >= 11 is 0. The number of nitrogens with zero attached hydrogens (tertiary/aromatic N) is 3. The van der Waals surface area contributed by atoms with E-state index in [1.54, 1.807) is 10.7 Å². The Morgan fingerprint density at radius 2 is 2.16 bits per heavy atom. The lowest BCUT2D eigenvalue weighted by Gasteiger charge is -2.40. The van der Waals surface area contributed by atoms with Crippen LogP contribution in [0, 0.1) is 0 Å². The molecule has 0 radical (unpaired) electrons. The number of nitrogen functional groups attached to an aromatic ring is 1. The topological polar surface area (TPSA) is 93.2 Å². The van der Waals surface area contributed by atoms with E-state index >= 15 is 0 Å². The zero-order chi connectivity index (χ0) is 14.0. The van der Waals surface area contributed by atoms with Crippen LogP contribution in [0.15, 0.2) is 12.3 Å². The number of imide groups is 1. The fourth-order valence-corrected chi connectivity index (χ4v) is 2.12. The van der Waals surface area contributed by atoms with Crippen LogP contribution in [0.5, 0.6) is 0 Å². The lowest BCUT2D eigenvalue weighted by Crippen LogP contribution is -2.64. The zero-order valence-corrected chi connectivity index (χ0v) is 11.2. The van der Waals surface area contributed by atoms with E-state index in [9.17, 15) is 9.59 Å². The molecule has 1 aliphatic rings. The van der Waals surface area contributed by atoms with Gasteiger partial charge in [-0.3, -0.25) is 24.5 Å². The third-order valence-corrected chi connectivity index (χ3v) is 3.41. The molecule has 2 heterocycles. The van der Waals surface area contributed by atoms with Crippen LogP contribution in [0.3, 0.4) is 0 Å². The second-order valence-corrected chi connectivity index (χ2v) is 5.22. The van der Waals surface area contributed by atoms with Crippen molar-refractivity contribution in [3.8, 4) is 0 Å². The molecule has 0 bridgehead atoms. The maximum Gasteiger partial charge on any atom is 0.246 e. The second-order valence-electron chi connectivity index (χ2n) is 5.22. The van der Waals surface area contributed by atoms with Gasteiger partial charge in [0.25, 0.3) is 0 Å². The van der Waals surface area contributed by atoms with Gasteiger partial charge < -0.3 is 5.73 Å². The van der Waals surface area contributed by atoms with Crippen LogP contribution < -0.4 is 11.1 Å². The van der Waals surface area contributed by atoms with E-state index in [2.05, 4.69) is 10.4 Å². The maximum absolute atomic E-state index is 11.8. The summed E-state index contributed by atoms with van der Waals surface area (Å²) in [6, 6.07) is 1.74. The van der Waals surface area contributed by atoms with Crippen molar-refractivity contribution in [2.24, 2.45) is 0 Å². The summed E-state index contributed by atoms with van der Waals surface area (Å²) < 4.78 is 1.76. The van der Waals surface area contributed by atoms with Gasteiger partial charge in [0.2, 0.25) is 11.8 Å². The highest BCUT2D eigenvalue weighted by Crippen LogP contribution is 2.18. The number of nitrogens with one attached hydrogen (secondary N) is 1. The lowest BCUT2D eigenvalue weighted by atomic mass is 9.98. The molecule has 3 N–H and O–H groups in total. The molecule has 1 saturated heterocycles. The molecule has 0 saturated carbocycles. The Hall–Kier alpha value is -1.89. The fraction of sp³-hybridized carbons (Fsp3) is 0.583. The van der Waals surface area contributed by atoms with E-state index in [1.165, 1.54) is 0 Å². The second kappa shape index (κ2) is 5.00. The van der Waals surface area contributed by atoms with Crippen LogP contribution in [0.25, 0.3) is 0 Å². The average molecular weight is 265 g/mol. The summed E-state index contributed by atoms with van der Waals surface area (Å²) in [5.41, 5.74) is 4.88. The van der Waals surface area contributed by atoms with E-state index in [0.717, 1.165) is 6.42 Å². The van der Waals surface area contributed by atoms with Gasteiger partial charge in [-0.1, -0.05) is 0 Å². The molecule has 1 fully saturated rings. The summed E-state index contributed by atoms with van der Waals surface area (Å²) in [7, 11) is 0. The fourth-order valence-electron chi connectivity index (χ4n) is 2.12. The first-order valence-corrected chi connectivity index (χ1v) is 6.28. The van der Waals surface area contributed by atoms with Crippen LogP contribution in [0.1, 0.15) is 20.3 Å². The molecular weight excluding hydrogens is 246 g/mol. The van der Waals surface area contributed by atoms with Crippen molar-refractivity contribution in [1.29, 1.82) is 0 Å². The molecule has 7 nitrogen and oxygen atoms in total. The number of rotatable bonds is 4. The van der Waals surface area contributed by atoms with E-state index in [-0.39, 0.29) is 18.4 Å². The summed E-state index contributed by atoms with van der Waals surface area (Å²) in [5.74, 6) is 0.00704. The molecule has 1 aromatic heterocycles. The summed E-state index contributed by atoms with van der Waals surface area (Å²) in [6.45, 7) is 5.26. The highest BCUT2D eigenvalue weighted by Gasteiger charge is 2.40. The van der Waals surface area contributed by atoms with Crippen molar-refractivity contribution < 1.29 is 9.59 Å². The number of hydrogen-bond acceptors (Lipinski definition) is 5. The molecule has 0 atom stereocenters. The molecule has 0 aromatic carbocycles. The third-order valence-electron chi connectivity index (χ3n) is 3.41. The maximum atomic E-state index is 11.8. The molecule has 0 aliphatic carbocycles. The molecule has 2 rings (SSSR count). The van der Waals surface area contributed by atoms with Gasteiger partial charge in [-0.15, -0.1) is 0 Å². The van der Waals surface area contributed by atoms with E-state index in [0.29, 0.717) is 18.9 Å². The molecule has 104 valence electrons. The molecule has 7 heteroatoms. The van der Waals surface area contributed by atoms with Gasteiger partial charge in [-0.05, 0) is 26.3 Å². The molecule has 0 spiro atoms. The number of hydrogen-bond donors (Lipinski definition) is 2. The van der Waals surface area contributed by atoms with E-state index in [1.807, 2.05) is 24.9 Å². The number of nitrogens with two attached hydrogens (primary N) is 1. The Bertz CT molecular complexity index is 494. The summed E-state index contributed by atoms with van der Waals surface area (Å²) in [6.07, 6.45) is 2.61. The van der Waals surface area contributed by atoms with Crippen molar-refractivity contribution in [3.63, 3.8) is 0 Å². The lowest BCUT2D eigenvalue weighted by molar-refractivity contribution is -0.145. The summed E-state index contributed by atoms with van der Waals surface area (Å²) in [5, 5.41) is 6.45. The number of amides is 2. The minimum atomic E-state index is -0.656. The third kappa shape index (κ3) is 2.93. The Labute approximate surface area is 111 Å². The average Bonchev–Trinajstić information content (AvgIpc) is 2.72. The number of carbonyl (C=O) groups excluding carboxylic acids is 2. The minimum absolute atomic E-state index is 0.243. The number of anilines is 1. The molecule has 19 heavy (non-hydrogen) atoms. The monoisotopic (exact) mass is 265 g/mol. The van der Waals surface area contributed by atoms with Crippen molar-refractivity contribution >= 4 is 17.6 Å². The Morgan fingerprint density at radius 1 is 1.42 bits per heavy atom. The SMILES string of the molecule is CC1(C)C(=O)NC(=O)CN1CCCn1ccc(N)n1. The van der Waals surface area contributed by atoms with Gasteiger partial charge in [-0.25, -0.2) is 0 Å². The Kier molecular flexibility index (Phi) is 3.57. The van der Waals surface area contributed by atoms with Crippen molar-refractivity contribution in [3.05, 3.63) is 12.3 Å². The van der Waals surface area contributed by atoms with E-state index < -0.39 is 5.54 Å². The predicted octanol–water partition coefficient (Wildman–Crippen LogP) is -0.408. The molecule has 2 amide bonds. The van der Waals surface area contributed by atoms with Crippen LogP contribution in [0.4, 0.5) is 5.82 Å². The van der Waals surface area contributed by atoms with Gasteiger partial charge in [-0.2, -0.15) is 5.10 Å². The molecule has 0 unspecified atom stereocenters. The van der Waals surface area contributed by atoms with Gasteiger partial charge in [0.1, 0.15) is 5.82 Å². The number of aromatic nitrogens is 2. The van der Waals surface area contributed by atoms with Crippen molar-refractivity contribution in [2.75, 3.05) is 18.8 Å². The molecule has 1 aromatic rings. The van der Waals surface area contributed by atoms with Gasteiger partial charge >= 0.3 is 0 Å². The van der Waals surface area contributed by atoms with Gasteiger partial charge in [0.15, 0.2) is 0 Å². The van der Waals surface area contributed by atoms with Crippen LogP contribution >= 0.6 is 0 Å². The Morgan fingerprint density at radius 3 is 2.79 bits per heavy atom. The quantitative estimate of drug-likeness (QED) is 0.722. The molecule has 1 aliphatic heterocycles. The first-order valence-electron chi connectivity index (χ1n) is 6.28. The molecular formula is C12H19N5O2. The summed E-state index contributed by atoms with van der Waals surface area (Å²) in [4.78, 5) is 25.1. The Balaban J connectivity index is 1.90.